The molecule has 0 spiro atoms. The third-order valence-electron chi connectivity index (χ3n) is 4.05. The molecule has 1 heterocycles. The van der Waals surface area contributed by atoms with Crippen molar-refractivity contribution in [1.82, 2.24) is 4.68 Å². The van der Waals surface area contributed by atoms with Crippen molar-refractivity contribution in [3.8, 4) is 22.8 Å². The van der Waals surface area contributed by atoms with Crippen LogP contribution in [0.25, 0.3) is 11.3 Å². The number of rotatable bonds is 7. The first-order valence-corrected chi connectivity index (χ1v) is 10.6. The number of nitrogens with zero attached hydrogens (tertiary/aromatic N) is 3. The molecule has 3 rings (SSSR count). The average Bonchev–Trinajstić information content (AvgIpc) is 3.13. The molecule has 0 fully saturated rings. The van der Waals surface area contributed by atoms with E-state index in [0.717, 1.165) is 37.4 Å². The van der Waals surface area contributed by atoms with Gasteiger partial charge in [-0.25, -0.2) is 4.68 Å². The Morgan fingerprint density at radius 2 is 1.93 bits per heavy atom. The Morgan fingerprint density at radius 3 is 2.59 bits per heavy atom. The Hall–Kier alpha value is -2.64. The Balaban J connectivity index is 2.11. The van der Waals surface area contributed by atoms with Crippen LogP contribution in [0.1, 0.15) is 12.5 Å². The molecule has 5 nitrogen and oxygen atoms in total. The van der Waals surface area contributed by atoms with Crippen molar-refractivity contribution in [1.29, 1.82) is 0 Å². The van der Waals surface area contributed by atoms with E-state index in [9.17, 15) is 0 Å². The molecule has 0 aliphatic rings. The van der Waals surface area contributed by atoms with E-state index in [1.54, 1.807) is 14.2 Å². The number of aromatic nitrogens is 1. The maximum absolute atomic E-state index is 5.59. The predicted molar refractivity (Wildman–Crippen MR) is 123 cm³/mol. The van der Waals surface area contributed by atoms with Gasteiger partial charge in [-0.1, -0.05) is 40.2 Å². The molecule has 1 aromatic heterocycles. The summed E-state index contributed by atoms with van der Waals surface area (Å²) in [4.78, 5) is 5.45. The lowest BCUT2D eigenvalue weighted by molar-refractivity contribution is 0.395. The minimum atomic E-state index is 0.549. The molecular weight excluding hydrogens is 450 g/mol. The van der Waals surface area contributed by atoms with Gasteiger partial charge in [-0.3, -0.25) is 4.99 Å². The van der Waals surface area contributed by atoms with E-state index in [2.05, 4.69) is 27.5 Å². The fraction of sp³-hybridized carbons (Fsp3) is 0.182. The van der Waals surface area contributed by atoms with Gasteiger partial charge in [0.2, 0.25) is 4.80 Å². The van der Waals surface area contributed by atoms with Crippen LogP contribution >= 0.6 is 27.3 Å². The minimum absolute atomic E-state index is 0.549. The van der Waals surface area contributed by atoms with E-state index < -0.39 is 0 Å². The van der Waals surface area contributed by atoms with Crippen LogP contribution in [0.5, 0.6) is 11.5 Å². The van der Waals surface area contributed by atoms with Crippen molar-refractivity contribution < 1.29 is 9.47 Å². The van der Waals surface area contributed by atoms with Crippen LogP contribution in [-0.4, -0.2) is 31.7 Å². The zero-order chi connectivity index (χ0) is 20.8. The van der Waals surface area contributed by atoms with Crippen LogP contribution in [0.15, 0.2) is 74.6 Å². The van der Waals surface area contributed by atoms with E-state index >= 15 is 0 Å². The van der Waals surface area contributed by atoms with Crippen molar-refractivity contribution in [2.75, 3.05) is 20.8 Å². The molecule has 29 heavy (non-hydrogen) atoms. The lowest BCUT2D eigenvalue weighted by Crippen LogP contribution is -2.13. The molecule has 0 unspecified atom stereocenters. The van der Waals surface area contributed by atoms with E-state index in [0.29, 0.717) is 12.3 Å². The Labute approximate surface area is 182 Å². The fourth-order valence-corrected chi connectivity index (χ4v) is 3.68. The SMILES string of the molecule is C=C(C)CN=c1scc(-c2ccc(OC)cc2OC)n1N=Cc1ccc(Br)cc1. The highest BCUT2D eigenvalue weighted by Crippen LogP contribution is 2.33. The maximum atomic E-state index is 5.59. The number of ether oxygens (including phenoxy) is 2. The van der Waals surface area contributed by atoms with Gasteiger partial charge in [0.1, 0.15) is 11.5 Å². The highest BCUT2D eigenvalue weighted by molar-refractivity contribution is 9.10. The molecule has 0 radical (unpaired) electrons. The lowest BCUT2D eigenvalue weighted by atomic mass is 10.1. The Kier molecular flexibility index (Phi) is 7.06. The Bertz CT molecular complexity index is 1100. The summed E-state index contributed by atoms with van der Waals surface area (Å²) in [7, 11) is 3.28. The summed E-state index contributed by atoms with van der Waals surface area (Å²) >= 11 is 4.98. The van der Waals surface area contributed by atoms with Crippen LogP contribution in [0.4, 0.5) is 0 Å². The zero-order valence-electron chi connectivity index (χ0n) is 16.6. The second kappa shape index (κ2) is 9.71. The van der Waals surface area contributed by atoms with Gasteiger partial charge in [0.15, 0.2) is 0 Å². The lowest BCUT2D eigenvalue weighted by Gasteiger charge is -2.11. The molecular formula is C22H22BrN3O2S. The largest absolute Gasteiger partial charge is 0.497 e. The zero-order valence-corrected chi connectivity index (χ0v) is 19.0. The van der Waals surface area contributed by atoms with Crippen LogP contribution < -0.4 is 14.3 Å². The fourth-order valence-electron chi connectivity index (χ4n) is 2.59. The van der Waals surface area contributed by atoms with Crippen molar-refractivity contribution in [3.63, 3.8) is 0 Å². The summed E-state index contributed by atoms with van der Waals surface area (Å²) in [6.07, 6.45) is 1.82. The molecule has 0 saturated carbocycles. The first kappa shape index (κ1) is 21.1. The van der Waals surface area contributed by atoms with Crippen molar-refractivity contribution in [3.05, 3.63) is 74.8 Å². The first-order chi connectivity index (χ1) is 14.0. The summed E-state index contributed by atoms with van der Waals surface area (Å²) in [6.45, 7) is 6.45. The van der Waals surface area contributed by atoms with E-state index in [4.69, 9.17) is 14.6 Å². The number of benzene rings is 2. The van der Waals surface area contributed by atoms with Gasteiger partial charge >= 0.3 is 0 Å². The average molecular weight is 472 g/mol. The molecule has 3 aromatic rings. The molecule has 0 bridgehead atoms. The number of methoxy groups -OCH3 is 2. The second-order valence-electron chi connectivity index (χ2n) is 6.35. The molecule has 150 valence electrons. The van der Waals surface area contributed by atoms with Gasteiger partial charge in [-0.2, -0.15) is 5.10 Å². The third-order valence-corrected chi connectivity index (χ3v) is 5.43. The van der Waals surface area contributed by atoms with Gasteiger partial charge in [0.25, 0.3) is 0 Å². The molecule has 0 aliphatic carbocycles. The minimum Gasteiger partial charge on any atom is -0.497 e. The molecule has 0 amide bonds. The van der Waals surface area contributed by atoms with Crippen molar-refractivity contribution in [2.24, 2.45) is 10.1 Å². The van der Waals surface area contributed by atoms with E-state index in [-0.39, 0.29) is 0 Å². The normalized spacial score (nSPS) is 11.8. The smallest absolute Gasteiger partial charge is 0.206 e. The molecule has 0 atom stereocenters. The van der Waals surface area contributed by atoms with Crippen molar-refractivity contribution in [2.45, 2.75) is 6.92 Å². The molecule has 2 aromatic carbocycles. The van der Waals surface area contributed by atoms with Crippen LogP contribution in [0.3, 0.4) is 0 Å². The second-order valence-corrected chi connectivity index (χ2v) is 8.10. The number of hydrogen-bond donors (Lipinski definition) is 0. The number of halogens is 1. The maximum Gasteiger partial charge on any atom is 0.206 e. The van der Waals surface area contributed by atoms with Gasteiger partial charge < -0.3 is 9.47 Å². The van der Waals surface area contributed by atoms with Gasteiger partial charge in [0.05, 0.1) is 32.7 Å². The highest BCUT2D eigenvalue weighted by Gasteiger charge is 2.13. The highest BCUT2D eigenvalue weighted by atomic mass is 79.9. The number of thiazole rings is 1. The van der Waals surface area contributed by atoms with E-state index in [1.165, 1.54) is 11.3 Å². The molecule has 0 N–H and O–H groups in total. The van der Waals surface area contributed by atoms with Gasteiger partial charge in [-0.05, 0) is 36.8 Å². The standard InChI is InChI=1S/C22H22BrN3O2S/c1-15(2)12-24-22-26(25-13-16-5-7-17(23)8-6-16)20(14-29-22)19-10-9-18(27-3)11-21(19)28-4/h5-11,13-14H,1,12H2,2-4H3. The summed E-state index contributed by atoms with van der Waals surface area (Å²) in [5.74, 6) is 1.44. The summed E-state index contributed by atoms with van der Waals surface area (Å²) in [6, 6.07) is 13.7. The number of hydrogen-bond acceptors (Lipinski definition) is 5. The third kappa shape index (κ3) is 5.25. The quantitative estimate of drug-likeness (QED) is 0.344. The van der Waals surface area contributed by atoms with Gasteiger partial charge in [-0.15, -0.1) is 11.3 Å². The molecule has 0 aliphatic heterocycles. The van der Waals surface area contributed by atoms with Crippen LogP contribution in [0.2, 0.25) is 0 Å². The van der Waals surface area contributed by atoms with Crippen LogP contribution in [-0.2, 0) is 0 Å². The predicted octanol–water partition coefficient (Wildman–Crippen LogP) is 5.36. The monoisotopic (exact) mass is 471 g/mol. The van der Waals surface area contributed by atoms with Gasteiger partial charge in [0, 0.05) is 21.5 Å². The van der Waals surface area contributed by atoms with E-state index in [1.807, 2.05) is 65.7 Å². The van der Waals surface area contributed by atoms with Crippen LogP contribution in [0, 0.1) is 0 Å². The van der Waals surface area contributed by atoms with Crippen molar-refractivity contribution >= 4 is 33.5 Å². The topological polar surface area (TPSA) is 48.1 Å². The summed E-state index contributed by atoms with van der Waals surface area (Å²) < 4.78 is 13.8. The first-order valence-electron chi connectivity index (χ1n) is 8.89. The summed E-state index contributed by atoms with van der Waals surface area (Å²) in [5, 5.41) is 6.74. The summed E-state index contributed by atoms with van der Waals surface area (Å²) in [5.41, 5.74) is 3.79. The Morgan fingerprint density at radius 1 is 1.17 bits per heavy atom. The molecule has 7 heteroatoms. The molecule has 0 saturated heterocycles.